The quantitative estimate of drug-likeness (QED) is 0.713. The van der Waals surface area contributed by atoms with Crippen LogP contribution in [0.3, 0.4) is 0 Å². The minimum Gasteiger partial charge on any atom is -0.399 e. The van der Waals surface area contributed by atoms with E-state index in [1.807, 2.05) is 6.92 Å². The number of halogens is 2. The van der Waals surface area contributed by atoms with Crippen LogP contribution in [0.15, 0.2) is 18.3 Å². The number of nitrogens with zero attached hydrogens (tertiary/aromatic N) is 2. The summed E-state index contributed by atoms with van der Waals surface area (Å²) in [4.78, 5) is 0. The van der Waals surface area contributed by atoms with Crippen molar-refractivity contribution >= 4 is 16.6 Å². The molecule has 74 valence electrons. The van der Waals surface area contributed by atoms with E-state index in [9.17, 15) is 8.78 Å². The van der Waals surface area contributed by atoms with Crippen molar-refractivity contribution in [2.45, 2.75) is 13.5 Å². The van der Waals surface area contributed by atoms with Gasteiger partial charge in [0, 0.05) is 11.1 Å². The molecule has 0 amide bonds. The van der Waals surface area contributed by atoms with Gasteiger partial charge in [0.25, 0.3) is 0 Å². The van der Waals surface area contributed by atoms with Crippen molar-refractivity contribution in [1.29, 1.82) is 0 Å². The van der Waals surface area contributed by atoms with Crippen molar-refractivity contribution in [3.63, 3.8) is 0 Å². The second kappa shape index (κ2) is 2.94. The fourth-order valence-electron chi connectivity index (χ4n) is 1.50. The van der Waals surface area contributed by atoms with Crippen LogP contribution in [0.1, 0.15) is 12.1 Å². The number of anilines is 1. The van der Waals surface area contributed by atoms with E-state index in [2.05, 4.69) is 5.10 Å². The lowest BCUT2D eigenvalue weighted by molar-refractivity contribution is 0.0615. The molecule has 0 aliphatic rings. The van der Waals surface area contributed by atoms with Crippen LogP contribution < -0.4 is 5.73 Å². The first kappa shape index (κ1) is 8.93. The molecule has 0 aliphatic heterocycles. The third-order valence-electron chi connectivity index (χ3n) is 2.13. The number of nitrogens with two attached hydrogens (primary N) is 1. The van der Waals surface area contributed by atoms with Crippen molar-refractivity contribution in [2.24, 2.45) is 0 Å². The maximum Gasteiger partial charge on any atom is 0.333 e. The molecule has 0 radical (unpaired) electrons. The van der Waals surface area contributed by atoms with Gasteiger partial charge in [0.1, 0.15) is 0 Å². The summed E-state index contributed by atoms with van der Waals surface area (Å²) >= 11 is 0. The van der Waals surface area contributed by atoms with Crippen molar-refractivity contribution in [2.75, 3.05) is 5.73 Å². The Morgan fingerprint density at radius 1 is 1.43 bits per heavy atom. The molecule has 1 aromatic carbocycles. The zero-order chi connectivity index (χ0) is 10.3. The van der Waals surface area contributed by atoms with E-state index in [1.165, 1.54) is 12.3 Å². The monoisotopic (exact) mass is 197 g/mol. The summed E-state index contributed by atoms with van der Waals surface area (Å²) in [7, 11) is 0. The summed E-state index contributed by atoms with van der Waals surface area (Å²) in [5.41, 5.74) is 7.26. The Morgan fingerprint density at radius 2 is 2.14 bits per heavy atom. The van der Waals surface area contributed by atoms with Crippen LogP contribution in [0.4, 0.5) is 14.5 Å². The van der Waals surface area contributed by atoms with E-state index in [-0.39, 0.29) is 0 Å². The number of nitrogen functional groups attached to an aromatic ring is 1. The topological polar surface area (TPSA) is 43.8 Å². The molecule has 1 heterocycles. The molecule has 0 aliphatic carbocycles. The third kappa shape index (κ3) is 1.21. The fraction of sp³-hybridized carbons (Fsp3) is 0.222. The molecule has 5 heteroatoms. The van der Waals surface area contributed by atoms with Crippen LogP contribution in [0.2, 0.25) is 0 Å². The number of aryl methyl sites for hydroxylation is 1. The number of hydrogen-bond donors (Lipinski definition) is 1. The first-order valence-electron chi connectivity index (χ1n) is 4.11. The van der Waals surface area contributed by atoms with Gasteiger partial charge >= 0.3 is 6.55 Å². The van der Waals surface area contributed by atoms with Crippen molar-refractivity contribution in [3.05, 3.63) is 23.9 Å². The Morgan fingerprint density at radius 3 is 2.79 bits per heavy atom. The van der Waals surface area contributed by atoms with Crippen LogP contribution in [0.5, 0.6) is 0 Å². The molecule has 0 spiro atoms. The van der Waals surface area contributed by atoms with Crippen LogP contribution in [-0.2, 0) is 0 Å². The molecular weight excluding hydrogens is 188 g/mol. The number of aromatic nitrogens is 2. The summed E-state index contributed by atoms with van der Waals surface area (Å²) in [6.45, 7) is -0.815. The highest BCUT2D eigenvalue weighted by Gasteiger charge is 2.12. The number of hydrogen-bond acceptors (Lipinski definition) is 2. The summed E-state index contributed by atoms with van der Waals surface area (Å²) in [6.07, 6.45) is 1.43. The van der Waals surface area contributed by atoms with Gasteiger partial charge in [-0.1, -0.05) is 0 Å². The summed E-state index contributed by atoms with van der Waals surface area (Å²) in [6, 6.07) is 3.24. The van der Waals surface area contributed by atoms with E-state index < -0.39 is 6.55 Å². The van der Waals surface area contributed by atoms with Gasteiger partial charge in [-0.05, 0) is 24.6 Å². The van der Waals surface area contributed by atoms with E-state index in [4.69, 9.17) is 5.73 Å². The average Bonchev–Trinajstić information content (AvgIpc) is 2.47. The second-order valence-corrected chi connectivity index (χ2v) is 3.14. The van der Waals surface area contributed by atoms with Crippen molar-refractivity contribution < 1.29 is 8.78 Å². The van der Waals surface area contributed by atoms with Gasteiger partial charge in [-0.3, -0.25) is 0 Å². The van der Waals surface area contributed by atoms with Gasteiger partial charge < -0.3 is 5.73 Å². The molecule has 0 atom stereocenters. The predicted molar refractivity (Wildman–Crippen MR) is 50.1 cm³/mol. The Bertz CT molecular complexity index is 476. The first-order chi connectivity index (χ1) is 6.59. The Kier molecular flexibility index (Phi) is 1.87. The highest BCUT2D eigenvalue weighted by Crippen LogP contribution is 2.24. The largest absolute Gasteiger partial charge is 0.399 e. The highest BCUT2D eigenvalue weighted by molar-refractivity contribution is 5.85. The maximum absolute atomic E-state index is 12.5. The van der Waals surface area contributed by atoms with E-state index >= 15 is 0 Å². The first-order valence-corrected chi connectivity index (χ1v) is 4.11. The van der Waals surface area contributed by atoms with Crippen molar-refractivity contribution in [1.82, 2.24) is 9.78 Å². The maximum atomic E-state index is 12.5. The van der Waals surface area contributed by atoms with Gasteiger partial charge in [0.05, 0.1) is 11.7 Å². The Hall–Kier alpha value is -1.65. The summed E-state index contributed by atoms with van der Waals surface area (Å²) in [5.74, 6) is 0. The fourth-order valence-corrected chi connectivity index (χ4v) is 1.50. The molecule has 0 saturated carbocycles. The minimum absolute atomic E-state index is 0.373. The van der Waals surface area contributed by atoms with Crippen LogP contribution in [0, 0.1) is 6.92 Å². The lowest BCUT2D eigenvalue weighted by Crippen LogP contribution is -2.00. The number of benzene rings is 1. The molecule has 2 N–H and O–H groups in total. The van der Waals surface area contributed by atoms with E-state index in [0.29, 0.717) is 21.3 Å². The molecule has 0 unspecified atom stereocenters. The van der Waals surface area contributed by atoms with E-state index in [0.717, 1.165) is 5.56 Å². The average molecular weight is 197 g/mol. The molecule has 1 aromatic heterocycles. The molecule has 0 bridgehead atoms. The summed E-state index contributed by atoms with van der Waals surface area (Å²) in [5, 5.41) is 4.32. The number of rotatable bonds is 1. The SMILES string of the molecule is Cc1cc(N)cc2c1cnn2C(F)F. The molecule has 14 heavy (non-hydrogen) atoms. The zero-order valence-corrected chi connectivity index (χ0v) is 7.54. The minimum atomic E-state index is -2.63. The molecule has 3 nitrogen and oxygen atoms in total. The van der Waals surface area contributed by atoms with E-state index in [1.54, 1.807) is 6.07 Å². The number of fused-ring (bicyclic) bond motifs is 1. The van der Waals surface area contributed by atoms with Crippen LogP contribution >= 0.6 is 0 Å². The highest BCUT2D eigenvalue weighted by atomic mass is 19.3. The van der Waals surface area contributed by atoms with Gasteiger partial charge in [-0.15, -0.1) is 0 Å². The molecule has 0 saturated heterocycles. The smallest absolute Gasteiger partial charge is 0.333 e. The van der Waals surface area contributed by atoms with Crippen LogP contribution in [-0.4, -0.2) is 9.78 Å². The lowest BCUT2D eigenvalue weighted by atomic mass is 10.1. The van der Waals surface area contributed by atoms with Gasteiger partial charge in [0.15, 0.2) is 0 Å². The second-order valence-electron chi connectivity index (χ2n) is 3.14. The zero-order valence-electron chi connectivity index (χ0n) is 7.54. The summed E-state index contributed by atoms with van der Waals surface area (Å²) < 4.78 is 25.6. The van der Waals surface area contributed by atoms with Crippen LogP contribution in [0.25, 0.3) is 10.9 Å². The predicted octanol–water partition coefficient (Wildman–Crippen LogP) is 2.32. The number of alkyl halides is 2. The van der Waals surface area contributed by atoms with Crippen molar-refractivity contribution in [3.8, 4) is 0 Å². The standard InChI is InChI=1S/C9H9F2N3/c1-5-2-6(12)3-8-7(5)4-13-14(8)9(10)11/h2-4,9H,12H2,1H3. The Labute approximate surface area is 79.1 Å². The van der Waals surface area contributed by atoms with Gasteiger partial charge in [-0.2, -0.15) is 13.9 Å². The Balaban J connectivity index is 2.78. The van der Waals surface area contributed by atoms with Gasteiger partial charge in [-0.25, -0.2) is 4.68 Å². The normalized spacial score (nSPS) is 11.4. The molecule has 2 aromatic rings. The lowest BCUT2D eigenvalue weighted by Gasteiger charge is -2.03. The van der Waals surface area contributed by atoms with Gasteiger partial charge in [0.2, 0.25) is 0 Å². The molecule has 2 rings (SSSR count). The molecular formula is C9H9F2N3. The molecule has 0 fully saturated rings. The third-order valence-corrected chi connectivity index (χ3v) is 2.13.